The molecule has 0 bridgehead atoms. The van der Waals surface area contributed by atoms with Crippen molar-refractivity contribution in [1.29, 1.82) is 0 Å². The minimum atomic E-state index is -0.267. The Morgan fingerprint density at radius 3 is 1.89 bits per heavy atom. The highest BCUT2D eigenvalue weighted by atomic mass is 16.5. The van der Waals surface area contributed by atoms with Crippen molar-refractivity contribution in [3.8, 4) is 11.5 Å². The van der Waals surface area contributed by atoms with E-state index in [0.717, 1.165) is 34.3 Å². The fourth-order valence-electron chi connectivity index (χ4n) is 2.95. The van der Waals surface area contributed by atoms with E-state index in [-0.39, 0.29) is 23.9 Å². The summed E-state index contributed by atoms with van der Waals surface area (Å²) in [4.78, 5) is 11.7. The summed E-state index contributed by atoms with van der Waals surface area (Å²) in [6.07, 6.45) is 3.74. The second-order valence-corrected chi connectivity index (χ2v) is 6.52. The first-order valence-corrected chi connectivity index (χ1v) is 8.75. The predicted molar refractivity (Wildman–Crippen MR) is 105 cm³/mol. The molecule has 2 N–H and O–H groups in total. The number of phenolic OH excluding ortho intramolecular Hbond substituents is 2. The number of benzene rings is 2. The molecule has 0 radical (unpaired) electrons. The summed E-state index contributed by atoms with van der Waals surface area (Å²) in [5.41, 5.74) is 6.05. The molecule has 1 fully saturated rings. The first-order chi connectivity index (χ1) is 13.0. The average molecular weight is 362 g/mol. The maximum Gasteiger partial charge on any atom is 0.305 e. The summed E-state index contributed by atoms with van der Waals surface area (Å²) in [5.74, 6) is 0.110. The molecule has 0 spiro atoms. The van der Waals surface area contributed by atoms with Crippen LogP contribution in [-0.4, -0.2) is 23.3 Å². The number of methoxy groups -OCH3 is 1. The number of rotatable bonds is 6. The number of phenols is 2. The first-order valence-electron chi connectivity index (χ1n) is 8.75. The van der Waals surface area contributed by atoms with Crippen LogP contribution < -0.4 is 0 Å². The van der Waals surface area contributed by atoms with Crippen molar-refractivity contribution in [2.75, 3.05) is 7.11 Å². The van der Waals surface area contributed by atoms with E-state index in [4.69, 9.17) is 4.74 Å². The van der Waals surface area contributed by atoms with E-state index < -0.39 is 0 Å². The molecule has 3 rings (SSSR count). The van der Waals surface area contributed by atoms with Gasteiger partial charge >= 0.3 is 5.97 Å². The lowest BCUT2D eigenvalue weighted by Gasteiger charge is -2.15. The van der Waals surface area contributed by atoms with Crippen LogP contribution in [0.3, 0.4) is 0 Å². The Bertz CT molecular complexity index is 868. The molecule has 4 heteroatoms. The molecule has 0 saturated heterocycles. The van der Waals surface area contributed by atoms with Crippen LogP contribution in [0, 0.1) is 0 Å². The number of allylic oxidation sites excluding steroid dienone is 4. The van der Waals surface area contributed by atoms with Gasteiger partial charge in [-0.25, -0.2) is 0 Å². The van der Waals surface area contributed by atoms with Gasteiger partial charge < -0.3 is 14.9 Å². The van der Waals surface area contributed by atoms with E-state index in [2.05, 4.69) is 12.7 Å². The van der Waals surface area contributed by atoms with Gasteiger partial charge in [0.1, 0.15) is 11.5 Å². The average Bonchev–Trinajstić information content (AvgIpc) is 3.37. The SMILES string of the molecule is C=C1C/C1=C/C(CCC(=O)OC)=C(c1ccc(O)cc1)c1ccc(O)cc1. The first kappa shape index (κ1) is 18.5. The third-order valence-electron chi connectivity index (χ3n) is 4.54. The van der Waals surface area contributed by atoms with Crippen molar-refractivity contribution in [3.63, 3.8) is 0 Å². The zero-order valence-electron chi connectivity index (χ0n) is 15.2. The van der Waals surface area contributed by atoms with Crippen LogP contribution in [0.5, 0.6) is 11.5 Å². The van der Waals surface area contributed by atoms with Gasteiger partial charge in [-0.15, -0.1) is 0 Å². The van der Waals surface area contributed by atoms with Crippen LogP contribution in [0.1, 0.15) is 30.4 Å². The number of carbonyl (C=O) groups excluding carboxylic acids is 1. The molecule has 4 nitrogen and oxygen atoms in total. The molecule has 1 saturated carbocycles. The van der Waals surface area contributed by atoms with Gasteiger partial charge in [0, 0.05) is 6.42 Å². The summed E-state index contributed by atoms with van der Waals surface area (Å²) in [6.45, 7) is 3.99. The Morgan fingerprint density at radius 1 is 1.00 bits per heavy atom. The topological polar surface area (TPSA) is 66.8 Å². The Hall–Kier alpha value is -3.27. The Labute approximate surface area is 158 Å². The molecule has 2 aromatic carbocycles. The molecule has 0 atom stereocenters. The molecule has 0 aliphatic heterocycles. The van der Waals surface area contributed by atoms with Crippen LogP contribution in [0.4, 0.5) is 0 Å². The van der Waals surface area contributed by atoms with E-state index in [1.165, 1.54) is 12.7 Å². The van der Waals surface area contributed by atoms with Crippen LogP contribution in [-0.2, 0) is 9.53 Å². The monoisotopic (exact) mass is 362 g/mol. The zero-order chi connectivity index (χ0) is 19.4. The van der Waals surface area contributed by atoms with Gasteiger partial charge in [0.15, 0.2) is 0 Å². The maximum absolute atomic E-state index is 11.7. The summed E-state index contributed by atoms with van der Waals surface area (Å²) in [7, 11) is 1.38. The smallest absolute Gasteiger partial charge is 0.305 e. The molecule has 138 valence electrons. The Morgan fingerprint density at radius 2 is 1.48 bits per heavy atom. The molecule has 27 heavy (non-hydrogen) atoms. The number of ether oxygens (including phenoxy) is 1. The predicted octanol–water partition coefficient (Wildman–Crippen LogP) is 4.74. The lowest BCUT2D eigenvalue weighted by molar-refractivity contribution is -0.140. The van der Waals surface area contributed by atoms with Gasteiger partial charge in [0.2, 0.25) is 0 Å². The molecule has 0 heterocycles. The van der Waals surface area contributed by atoms with Gasteiger partial charge in [-0.1, -0.05) is 36.9 Å². The number of aromatic hydroxyl groups is 2. The zero-order valence-corrected chi connectivity index (χ0v) is 15.2. The van der Waals surface area contributed by atoms with Crippen LogP contribution in [0.2, 0.25) is 0 Å². The minimum Gasteiger partial charge on any atom is -0.508 e. The molecular weight excluding hydrogens is 340 g/mol. The van der Waals surface area contributed by atoms with Crippen molar-refractivity contribution < 1.29 is 19.7 Å². The molecule has 0 amide bonds. The fourth-order valence-corrected chi connectivity index (χ4v) is 2.95. The van der Waals surface area contributed by atoms with E-state index in [9.17, 15) is 15.0 Å². The number of carbonyl (C=O) groups is 1. The van der Waals surface area contributed by atoms with Crippen LogP contribution in [0.25, 0.3) is 5.57 Å². The second kappa shape index (κ2) is 7.96. The van der Waals surface area contributed by atoms with Gasteiger partial charge in [-0.2, -0.15) is 0 Å². The molecule has 1 aliphatic carbocycles. The van der Waals surface area contributed by atoms with Gasteiger partial charge in [0.25, 0.3) is 0 Å². The highest BCUT2D eigenvalue weighted by Crippen LogP contribution is 2.39. The summed E-state index contributed by atoms with van der Waals surface area (Å²) < 4.78 is 4.80. The quantitative estimate of drug-likeness (QED) is 0.729. The standard InChI is InChI=1S/C23H22O4/c1-15-13-19(15)14-18(7-12-22(26)27-2)23(16-3-8-20(24)9-4-16)17-5-10-21(25)11-6-17/h3-6,8-11,14,24-25H,1,7,12-13H2,2H3/b19-14-. The van der Waals surface area contributed by atoms with Crippen LogP contribution >= 0.6 is 0 Å². The van der Waals surface area contributed by atoms with Crippen molar-refractivity contribution in [1.82, 2.24) is 0 Å². The number of hydrogen-bond donors (Lipinski definition) is 2. The highest BCUT2D eigenvalue weighted by molar-refractivity contribution is 5.85. The lowest BCUT2D eigenvalue weighted by Crippen LogP contribution is -2.02. The molecular formula is C23H22O4. The molecule has 0 aromatic heterocycles. The largest absolute Gasteiger partial charge is 0.508 e. The van der Waals surface area contributed by atoms with Crippen molar-refractivity contribution in [3.05, 3.63) is 89.0 Å². The second-order valence-electron chi connectivity index (χ2n) is 6.52. The Kier molecular flexibility index (Phi) is 5.46. The third-order valence-corrected chi connectivity index (χ3v) is 4.54. The maximum atomic E-state index is 11.7. The normalized spacial score (nSPS) is 14.1. The third kappa shape index (κ3) is 4.67. The van der Waals surface area contributed by atoms with Crippen molar-refractivity contribution in [2.45, 2.75) is 19.3 Å². The lowest BCUT2D eigenvalue weighted by atomic mass is 9.90. The molecule has 2 aromatic rings. The molecule has 0 unspecified atom stereocenters. The number of esters is 1. The fraction of sp³-hybridized carbons (Fsp3) is 0.174. The molecule has 1 aliphatic rings. The van der Waals surface area contributed by atoms with E-state index in [0.29, 0.717) is 6.42 Å². The summed E-state index contributed by atoms with van der Waals surface area (Å²) >= 11 is 0. The van der Waals surface area contributed by atoms with Crippen molar-refractivity contribution in [2.24, 2.45) is 0 Å². The summed E-state index contributed by atoms with van der Waals surface area (Å²) in [5, 5.41) is 19.3. The summed E-state index contributed by atoms with van der Waals surface area (Å²) in [6, 6.07) is 13.9. The minimum absolute atomic E-state index is 0.189. The van der Waals surface area contributed by atoms with Crippen molar-refractivity contribution >= 4 is 11.5 Å². The van der Waals surface area contributed by atoms with E-state index in [1.807, 2.05) is 24.3 Å². The van der Waals surface area contributed by atoms with Gasteiger partial charge in [-0.05, 0) is 70.5 Å². The van der Waals surface area contributed by atoms with Gasteiger partial charge in [0.05, 0.1) is 7.11 Å². The van der Waals surface area contributed by atoms with E-state index in [1.54, 1.807) is 24.3 Å². The Balaban J connectivity index is 2.14. The number of hydrogen-bond acceptors (Lipinski definition) is 4. The highest BCUT2D eigenvalue weighted by Gasteiger charge is 2.20. The van der Waals surface area contributed by atoms with E-state index >= 15 is 0 Å². The van der Waals surface area contributed by atoms with Gasteiger partial charge in [-0.3, -0.25) is 4.79 Å². The van der Waals surface area contributed by atoms with Crippen LogP contribution in [0.15, 0.2) is 77.9 Å².